The minimum atomic E-state index is -3.83. The molecule has 0 radical (unpaired) electrons. The van der Waals surface area contributed by atoms with Gasteiger partial charge in [0.05, 0.1) is 15.9 Å². The summed E-state index contributed by atoms with van der Waals surface area (Å²) in [5.74, 6) is 0.479. The van der Waals surface area contributed by atoms with Crippen LogP contribution in [-0.4, -0.2) is 33.8 Å². The van der Waals surface area contributed by atoms with E-state index in [1.165, 1.54) is 36.7 Å². The number of imidazole rings is 1. The average molecular weight is 422 g/mol. The van der Waals surface area contributed by atoms with Gasteiger partial charge in [-0.2, -0.15) is 0 Å². The number of aryl methyl sites for hydroxylation is 1. The predicted octanol–water partition coefficient (Wildman–Crippen LogP) is 2.57. The van der Waals surface area contributed by atoms with Crippen molar-refractivity contribution >= 4 is 38.6 Å². The molecule has 0 fully saturated rings. The molecular weight excluding hydrogens is 404 g/mol. The van der Waals surface area contributed by atoms with E-state index in [-0.39, 0.29) is 23.3 Å². The number of nitrogens with one attached hydrogen (secondary N) is 2. The van der Waals surface area contributed by atoms with Gasteiger partial charge in [-0.25, -0.2) is 28.1 Å². The lowest BCUT2D eigenvalue weighted by atomic mass is 10.3. The lowest BCUT2D eigenvalue weighted by Gasteiger charge is -2.10. The van der Waals surface area contributed by atoms with Gasteiger partial charge in [-0.15, -0.1) is 0 Å². The van der Waals surface area contributed by atoms with Crippen LogP contribution in [0.3, 0.4) is 0 Å². The summed E-state index contributed by atoms with van der Waals surface area (Å²) in [6.07, 6.45) is 2.88. The highest BCUT2D eigenvalue weighted by molar-refractivity contribution is 7.92. The smallest absolute Gasteiger partial charge is 0.264 e. The number of rotatable bonds is 6. The summed E-state index contributed by atoms with van der Waals surface area (Å²) in [6, 6.07) is 15.0. The SMILES string of the molecule is Cc1nc2ccccc2n1CC(=O)Nc1ccc(S(=O)(=O)Nc2ncccn2)cc1. The number of para-hydroxylation sites is 2. The van der Waals surface area contributed by atoms with E-state index in [1.807, 2.05) is 35.8 Å². The monoisotopic (exact) mass is 422 g/mol. The molecule has 0 atom stereocenters. The van der Waals surface area contributed by atoms with E-state index in [0.717, 1.165) is 16.9 Å². The highest BCUT2D eigenvalue weighted by Crippen LogP contribution is 2.18. The second-order valence-corrected chi connectivity index (χ2v) is 8.17. The maximum atomic E-state index is 12.5. The first-order valence-corrected chi connectivity index (χ1v) is 10.5. The number of aromatic nitrogens is 4. The fraction of sp³-hybridized carbons (Fsp3) is 0.100. The molecule has 4 rings (SSSR count). The summed E-state index contributed by atoms with van der Waals surface area (Å²) in [5, 5.41) is 2.77. The number of anilines is 2. The number of fused-ring (bicyclic) bond motifs is 1. The van der Waals surface area contributed by atoms with E-state index < -0.39 is 10.0 Å². The Labute approximate surface area is 172 Å². The number of sulfonamides is 1. The third-order valence-corrected chi connectivity index (χ3v) is 5.73. The Bertz CT molecular complexity index is 1300. The zero-order valence-electron chi connectivity index (χ0n) is 16.0. The number of hydrogen-bond acceptors (Lipinski definition) is 6. The summed E-state index contributed by atoms with van der Waals surface area (Å²) in [7, 11) is -3.83. The molecule has 9 nitrogen and oxygen atoms in total. The molecule has 0 spiro atoms. The molecule has 0 saturated heterocycles. The Morgan fingerprint density at radius 1 is 1.00 bits per heavy atom. The first-order chi connectivity index (χ1) is 14.4. The molecule has 2 heterocycles. The standard InChI is InChI=1S/C20H18N6O3S/c1-14-23-17-5-2-3-6-18(17)26(14)13-19(27)24-15-7-9-16(10-8-15)30(28,29)25-20-21-11-4-12-22-20/h2-12H,13H2,1H3,(H,24,27)(H,21,22,25). The average Bonchev–Trinajstić information content (AvgIpc) is 3.04. The van der Waals surface area contributed by atoms with Gasteiger partial charge in [0.25, 0.3) is 10.0 Å². The van der Waals surface area contributed by atoms with Crippen LogP contribution in [0.2, 0.25) is 0 Å². The van der Waals surface area contributed by atoms with Crippen molar-refractivity contribution in [3.63, 3.8) is 0 Å². The first-order valence-electron chi connectivity index (χ1n) is 9.04. The zero-order chi connectivity index (χ0) is 21.1. The Hall–Kier alpha value is -3.79. The molecule has 2 aromatic carbocycles. The maximum absolute atomic E-state index is 12.5. The van der Waals surface area contributed by atoms with Crippen molar-refractivity contribution in [2.24, 2.45) is 0 Å². The minimum Gasteiger partial charge on any atom is -0.325 e. The molecule has 0 aliphatic carbocycles. The van der Waals surface area contributed by atoms with Crippen LogP contribution in [0.25, 0.3) is 11.0 Å². The van der Waals surface area contributed by atoms with Gasteiger partial charge in [0.1, 0.15) is 12.4 Å². The Balaban J connectivity index is 1.45. The number of amides is 1. The number of benzene rings is 2. The van der Waals surface area contributed by atoms with Crippen LogP contribution in [-0.2, 0) is 21.4 Å². The normalized spacial score (nSPS) is 11.4. The van der Waals surface area contributed by atoms with Crippen LogP contribution in [0.1, 0.15) is 5.82 Å². The minimum absolute atomic E-state index is 0.0159. The molecule has 2 N–H and O–H groups in total. The second-order valence-electron chi connectivity index (χ2n) is 6.48. The van der Waals surface area contributed by atoms with Gasteiger partial charge in [-0.3, -0.25) is 4.79 Å². The number of nitrogens with zero attached hydrogens (tertiary/aromatic N) is 4. The summed E-state index contributed by atoms with van der Waals surface area (Å²) >= 11 is 0. The van der Waals surface area contributed by atoms with Crippen molar-refractivity contribution in [2.75, 3.05) is 10.0 Å². The third-order valence-electron chi connectivity index (χ3n) is 4.39. The topological polar surface area (TPSA) is 119 Å². The van der Waals surface area contributed by atoms with Crippen molar-refractivity contribution in [2.45, 2.75) is 18.4 Å². The molecule has 4 aromatic rings. The Kier molecular flexibility index (Phi) is 5.15. The molecule has 0 saturated carbocycles. The number of carbonyl (C=O) groups is 1. The van der Waals surface area contributed by atoms with Gasteiger partial charge in [0, 0.05) is 18.1 Å². The maximum Gasteiger partial charge on any atom is 0.264 e. The van der Waals surface area contributed by atoms with Crippen molar-refractivity contribution in [1.82, 2.24) is 19.5 Å². The fourth-order valence-electron chi connectivity index (χ4n) is 2.99. The molecule has 30 heavy (non-hydrogen) atoms. The molecule has 0 bridgehead atoms. The van der Waals surface area contributed by atoms with Crippen LogP contribution in [0.4, 0.5) is 11.6 Å². The molecule has 1 amide bonds. The summed E-state index contributed by atoms with van der Waals surface area (Å²) < 4.78 is 29.0. The molecule has 0 unspecified atom stereocenters. The molecule has 2 aromatic heterocycles. The van der Waals surface area contributed by atoms with E-state index in [9.17, 15) is 13.2 Å². The second kappa shape index (κ2) is 7.91. The Morgan fingerprint density at radius 2 is 1.70 bits per heavy atom. The van der Waals surface area contributed by atoms with Gasteiger partial charge < -0.3 is 9.88 Å². The van der Waals surface area contributed by atoms with Crippen LogP contribution in [0.15, 0.2) is 71.9 Å². The molecule has 0 aliphatic heterocycles. The van der Waals surface area contributed by atoms with Crippen LogP contribution < -0.4 is 10.0 Å². The van der Waals surface area contributed by atoms with E-state index in [4.69, 9.17) is 0 Å². The molecule has 0 aliphatic rings. The van der Waals surface area contributed by atoms with Crippen molar-refractivity contribution in [1.29, 1.82) is 0 Å². The van der Waals surface area contributed by atoms with Gasteiger partial charge in [0.15, 0.2) is 0 Å². The lowest BCUT2D eigenvalue weighted by Crippen LogP contribution is -2.19. The van der Waals surface area contributed by atoms with Crippen molar-refractivity contribution < 1.29 is 13.2 Å². The molecule has 10 heteroatoms. The fourth-order valence-corrected chi connectivity index (χ4v) is 3.95. The summed E-state index contributed by atoms with van der Waals surface area (Å²) in [5.41, 5.74) is 2.19. The van der Waals surface area contributed by atoms with Gasteiger partial charge in [-0.05, 0) is 49.4 Å². The van der Waals surface area contributed by atoms with E-state index in [0.29, 0.717) is 5.69 Å². The Morgan fingerprint density at radius 3 is 2.43 bits per heavy atom. The number of hydrogen-bond donors (Lipinski definition) is 2. The highest BCUT2D eigenvalue weighted by Gasteiger charge is 2.16. The van der Waals surface area contributed by atoms with Crippen LogP contribution in [0, 0.1) is 6.92 Å². The largest absolute Gasteiger partial charge is 0.325 e. The van der Waals surface area contributed by atoms with Crippen LogP contribution in [0.5, 0.6) is 0 Å². The van der Waals surface area contributed by atoms with E-state index >= 15 is 0 Å². The lowest BCUT2D eigenvalue weighted by molar-refractivity contribution is -0.116. The zero-order valence-corrected chi connectivity index (χ0v) is 16.8. The number of carbonyl (C=O) groups excluding carboxylic acids is 1. The van der Waals surface area contributed by atoms with E-state index in [1.54, 1.807) is 6.07 Å². The first kappa shape index (κ1) is 19.5. The quantitative estimate of drug-likeness (QED) is 0.493. The highest BCUT2D eigenvalue weighted by atomic mass is 32.2. The third kappa shape index (κ3) is 4.13. The van der Waals surface area contributed by atoms with Gasteiger partial charge >= 0.3 is 0 Å². The summed E-state index contributed by atoms with van der Waals surface area (Å²) in [4.78, 5) is 24.7. The molecular formula is C20H18N6O3S. The summed E-state index contributed by atoms with van der Waals surface area (Å²) in [6.45, 7) is 1.94. The van der Waals surface area contributed by atoms with Crippen LogP contribution >= 0.6 is 0 Å². The predicted molar refractivity (Wildman–Crippen MR) is 112 cm³/mol. The van der Waals surface area contributed by atoms with Gasteiger partial charge in [0.2, 0.25) is 11.9 Å². The van der Waals surface area contributed by atoms with E-state index in [2.05, 4.69) is 25.0 Å². The van der Waals surface area contributed by atoms with Gasteiger partial charge in [-0.1, -0.05) is 12.1 Å². The van der Waals surface area contributed by atoms with Crippen molar-refractivity contribution in [3.8, 4) is 0 Å². The molecule has 152 valence electrons. The van der Waals surface area contributed by atoms with Crippen molar-refractivity contribution in [3.05, 3.63) is 72.8 Å².